The average Bonchev–Trinajstić information content (AvgIpc) is 2.52. The monoisotopic (exact) mass is 319 g/mol. The van der Waals surface area contributed by atoms with Crippen LogP contribution in [-0.2, 0) is 0 Å². The van der Waals surface area contributed by atoms with Gasteiger partial charge in [-0.05, 0) is 44.0 Å². The van der Waals surface area contributed by atoms with Crippen molar-refractivity contribution >= 4 is 0 Å². The maximum Gasteiger partial charge on any atom is 0.0558 e. The molecule has 1 fully saturated rings. The molecule has 0 aliphatic carbocycles. The number of aryl methyl sites for hydroxylation is 3. The minimum Gasteiger partial charge on any atom is -0.395 e. The van der Waals surface area contributed by atoms with Gasteiger partial charge in [0.2, 0.25) is 0 Å². The van der Waals surface area contributed by atoms with Crippen LogP contribution in [0.1, 0.15) is 35.2 Å². The maximum atomic E-state index is 9.49. The Kier molecular flexibility index (Phi) is 7.03. The normalized spacial score (nSPS) is 17.7. The van der Waals surface area contributed by atoms with Crippen molar-refractivity contribution < 1.29 is 5.11 Å². The van der Waals surface area contributed by atoms with Gasteiger partial charge in [0.15, 0.2) is 0 Å². The first-order chi connectivity index (χ1) is 11.1. The van der Waals surface area contributed by atoms with E-state index in [2.05, 4.69) is 54.9 Å². The van der Waals surface area contributed by atoms with Gasteiger partial charge in [-0.3, -0.25) is 9.80 Å². The van der Waals surface area contributed by atoms with Crippen molar-refractivity contribution in [2.45, 2.75) is 33.7 Å². The summed E-state index contributed by atoms with van der Waals surface area (Å²) in [5.41, 5.74) is 5.53. The summed E-state index contributed by atoms with van der Waals surface area (Å²) in [7, 11) is 0. The van der Waals surface area contributed by atoms with Gasteiger partial charge in [0.1, 0.15) is 0 Å². The summed E-state index contributed by atoms with van der Waals surface area (Å²) in [6.07, 6.45) is 0. The second kappa shape index (κ2) is 8.78. The zero-order valence-corrected chi connectivity index (χ0v) is 15.2. The summed E-state index contributed by atoms with van der Waals surface area (Å²) in [5, 5.41) is 12.9. The number of aliphatic hydroxyl groups excluding tert-OH is 1. The maximum absolute atomic E-state index is 9.49. The Bertz CT molecular complexity index is 474. The zero-order chi connectivity index (χ0) is 16.8. The Balaban J connectivity index is 2.31. The fourth-order valence-corrected chi connectivity index (χ4v) is 3.91. The Morgan fingerprint density at radius 1 is 1.17 bits per heavy atom. The highest BCUT2D eigenvalue weighted by Gasteiger charge is 2.25. The van der Waals surface area contributed by atoms with E-state index in [1.165, 1.54) is 22.3 Å². The van der Waals surface area contributed by atoms with Crippen molar-refractivity contribution in [2.75, 3.05) is 52.4 Å². The van der Waals surface area contributed by atoms with Gasteiger partial charge in [-0.15, -0.1) is 0 Å². The number of nitrogens with one attached hydrogen (secondary N) is 1. The van der Waals surface area contributed by atoms with Crippen molar-refractivity contribution in [3.05, 3.63) is 34.4 Å². The van der Waals surface area contributed by atoms with Crippen LogP contribution in [-0.4, -0.2) is 67.3 Å². The van der Waals surface area contributed by atoms with Crippen molar-refractivity contribution in [3.8, 4) is 0 Å². The van der Waals surface area contributed by atoms with Crippen molar-refractivity contribution in [1.82, 2.24) is 15.1 Å². The lowest BCUT2D eigenvalue weighted by Gasteiger charge is -2.38. The van der Waals surface area contributed by atoms with Crippen LogP contribution in [0.25, 0.3) is 0 Å². The molecule has 1 aliphatic heterocycles. The van der Waals surface area contributed by atoms with Crippen molar-refractivity contribution in [2.24, 2.45) is 0 Å². The standard InChI is InChI=1S/C19H33N3O/c1-5-22(10-11-23)18(14-21-8-6-20-7-9-21)19-16(3)12-15(2)13-17(19)4/h12-13,18,20,23H,5-11,14H2,1-4H3. The Hall–Kier alpha value is -0.940. The molecule has 2 rings (SSSR count). The highest BCUT2D eigenvalue weighted by molar-refractivity contribution is 5.40. The highest BCUT2D eigenvalue weighted by Crippen LogP contribution is 2.29. The van der Waals surface area contributed by atoms with Crippen LogP contribution in [0.3, 0.4) is 0 Å². The van der Waals surface area contributed by atoms with E-state index in [1.54, 1.807) is 0 Å². The van der Waals surface area contributed by atoms with Crippen molar-refractivity contribution in [3.63, 3.8) is 0 Å². The van der Waals surface area contributed by atoms with Crippen LogP contribution in [0, 0.1) is 20.8 Å². The lowest BCUT2D eigenvalue weighted by atomic mass is 9.92. The Labute approximate surface area is 141 Å². The molecular formula is C19H33N3O. The molecule has 0 saturated carbocycles. The number of benzene rings is 1. The number of aliphatic hydroxyl groups is 1. The predicted molar refractivity (Wildman–Crippen MR) is 97.0 cm³/mol. The summed E-state index contributed by atoms with van der Waals surface area (Å²) in [4.78, 5) is 4.98. The molecule has 1 atom stereocenters. The second-order valence-electron chi connectivity index (χ2n) is 6.73. The molecule has 0 spiro atoms. The SMILES string of the molecule is CCN(CCO)C(CN1CCNCC1)c1c(C)cc(C)cc1C. The smallest absolute Gasteiger partial charge is 0.0558 e. The molecular weight excluding hydrogens is 286 g/mol. The molecule has 2 N–H and O–H groups in total. The molecule has 0 bridgehead atoms. The summed E-state index contributed by atoms with van der Waals surface area (Å²) in [5.74, 6) is 0. The third kappa shape index (κ3) is 4.77. The largest absolute Gasteiger partial charge is 0.395 e. The molecule has 4 nitrogen and oxygen atoms in total. The molecule has 130 valence electrons. The van der Waals surface area contributed by atoms with Gasteiger partial charge in [0.25, 0.3) is 0 Å². The molecule has 0 radical (unpaired) electrons. The van der Waals surface area contributed by atoms with Gasteiger partial charge in [-0.25, -0.2) is 0 Å². The minimum absolute atomic E-state index is 0.218. The summed E-state index contributed by atoms with van der Waals surface area (Å²) >= 11 is 0. The van der Waals surface area contributed by atoms with Crippen LogP contribution < -0.4 is 5.32 Å². The van der Waals surface area contributed by atoms with Crippen LogP contribution in [0.15, 0.2) is 12.1 Å². The molecule has 1 saturated heterocycles. The van der Waals surface area contributed by atoms with Gasteiger partial charge < -0.3 is 10.4 Å². The lowest BCUT2D eigenvalue weighted by Crippen LogP contribution is -2.48. The fraction of sp³-hybridized carbons (Fsp3) is 0.684. The van der Waals surface area contributed by atoms with Crippen molar-refractivity contribution in [1.29, 1.82) is 0 Å². The summed E-state index contributed by atoms with van der Waals surface area (Å²) < 4.78 is 0. The van der Waals surface area contributed by atoms with Crippen LogP contribution in [0.5, 0.6) is 0 Å². The van der Waals surface area contributed by atoms with E-state index in [1.807, 2.05) is 0 Å². The van der Waals surface area contributed by atoms with Crippen LogP contribution in [0.2, 0.25) is 0 Å². The van der Waals surface area contributed by atoms with Crippen LogP contribution in [0.4, 0.5) is 0 Å². The van der Waals surface area contributed by atoms with Crippen LogP contribution >= 0.6 is 0 Å². The van der Waals surface area contributed by atoms with E-state index in [4.69, 9.17) is 0 Å². The number of piperazine rings is 1. The average molecular weight is 319 g/mol. The number of likely N-dealkylation sites (N-methyl/N-ethyl adjacent to an activating group) is 1. The minimum atomic E-state index is 0.218. The summed E-state index contributed by atoms with van der Waals surface area (Å²) in [6.45, 7) is 16.1. The van der Waals surface area contributed by atoms with E-state index in [0.717, 1.165) is 45.8 Å². The second-order valence-corrected chi connectivity index (χ2v) is 6.73. The quantitative estimate of drug-likeness (QED) is 0.805. The van der Waals surface area contributed by atoms with E-state index in [9.17, 15) is 5.11 Å². The number of nitrogens with zero attached hydrogens (tertiary/aromatic N) is 2. The molecule has 0 aromatic heterocycles. The van der Waals surface area contributed by atoms with E-state index >= 15 is 0 Å². The third-order valence-corrected chi connectivity index (χ3v) is 4.95. The van der Waals surface area contributed by atoms with E-state index < -0.39 is 0 Å². The molecule has 1 aromatic rings. The molecule has 1 heterocycles. The van der Waals surface area contributed by atoms with E-state index in [0.29, 0.717) is 6.04 Å². The first-order valence-electron chi connectivity index (χ1n) is 8.92. The molecule has 0 amide bonds. The van der Waals surface area contributed by atoms with Gasteiger partial charge in [0.05, 0.1) is 6.61 Å². The third-order valence-electron chi connectivity index (χ3n) is 4.95. The lowest BCUT2D eigenvalue weighted by molar-refractivity contribution is 0.112. The Morgan fingerprint density at radius 2 is 1.78 bits per heavy atom. The molecule has 1 unspecified atom stereocenters. The fourth-order valence-electron chi connectivity index (χ4n) is 3.91. The molecule has 4 heteroatoms. The highest BCUT2D eigenvalue weighted by atomic mass is 16.3. The predicted octanol–water partition coefficient (Wildman–Crippen LogP) is 1.87. The number of rotatable bonds is 7. The first kappa shape index (κ1) is 18.4. The van der Waals surface area contributed by atoms with Gasteiger partial charge in [0, 0.05) is 45.3 Å². The molecule has 1 aliphatic rings. The number of hydrogen-bond acceptors (Lipinski definition) is 4. The van der Waals surface area contributed by atoms with E-state index in [-0.39, 0.29) is 6.61 Å². The zero-order valence-electron chi connectivity index (χ0n) is 15.2. The topological polar surface area (TPSA) is 38.7 Å². The Morgan fingerprint density at radius 3 is 2.30 bits per heavy atom. The van der Waals surface area contributed by atoms with Gasteiger partial charge in [-0.2, -0.15) is 0 Å². The number of hydrogen-bond donors (Lipinski definition) is 2. The van der Waals surface area contributed by atoms with Gasteiger partial charge >= 0.3 is 0 Å². The first-order valence-corrected chi connectivity index (χ1v) is 8.92. The van der Waals surface area contributed by atoms with Gasteiger partial charge in [-0.1, -0.05) is 24.6 Å². The summed E-state index contributed by atoms with van der Waals surface area (Å²) in [6, 6.07) is 4.94. The molecule has 23 heavy (non-hydrogen) atoms. The molecule has 1 aromatic carbocycles.